The molecule has 110 valence electrons. The number of nitrogens with zero attached hydrogens (tertiary/aromatic N) is 1. The van der Waals surface area contributed by atoms with Gasteiger partial charge in [0.15, 0.2) is 9.84 Å². The van der Waals surface area contributed by atoms with E-state index in [1.54, 1.807) is 0 Å². The largest absolute Gasteiger partial charge is 0.351 e. The molecule has 0 spiro atoms. The van der Waals surface area contributed by atoms with Gasteiger partial charge in [-0.1, -0.05) is 0 Å². The van der Waals surface area contributed by atoms with Crippen LogP contribution in [0.3, 0.4) is 0 Å². The smallest absolute Gasteiger partial charge is 0.235 e. The maximum atomic E-state index is 11.8. The van der Waals surface area contributed by atoms with Crippen LogP contribution >= 0.6 is 0 Å². The average molecular weight is 310 g/mol. The van der Waals surface area contributed by atoms with Crippen LogP contribution in [0.1, 0.15) is 19.3 Å². The molecule has 0 bridgehead atoms. The molecule has 1 unspecified atom stereocenters. The Morgan fingerprint density at radius 3 is 2.47 bits per heavy atom. The SMILES string of the molecule is O=C(CN1CCCCS1(=O)=O)NC1CCS(=O)(=O)C1. The number of nitrogens with one attached hydrogen (secondary N) is 1. The lowest BCUT2D eigenvalue weighted by Gasteiger charge is -2.26. The summed E-state index contributed by atoms with van der Waals surface area (Å²) in [5.41, 5.74) is 0. The zero-order chi connectivity index (χ0) is 14.1. The molecule has 0 aromatic carbocycles. The van der Waals surface area contributed by atoms with Gasteiger partial charge in [-0.3, -0.25) is 4.79 Å². The molecule has 0 aromatic heterocycles. The Hall–Kier alpha value is -0.670. The van der Waals surface area contributed by atoms with E-state index < -0.39 is 25.8 Å². The van der Waals surface area contributed by atoms with Crippen molar-refractivity contribution < 1.29 is 21.6 Å². The number of hydrogen-bond acceptors (Lipinski definition) is 5. The van der Waals surface area contributed by atoms with Crippen molar-refractivity contribution in [1.82, 2.24) is 9.62 Å². The molecular weight excluding hydrogens is 292 g/mol. The third kappa shape index (κ3) is 3.90. The van der Waals surface area contributed by atoms with E-state index in [2.05, 4.69) is 5.32 Å². The number of sulfone groups is 1. The summed E-state index contributed by atoms with van der Waals surface area (Å²) in [6, 6.07) is -0.384. The van der Waals surface area contributed by atoms with E-state index >= 15 is 0 Å². The van der Waals surface area contributed by atoms with Crippen LogP contribution in [0.4, 0.5) is 0 Å². The normalized spacial score (nSPS) is 30.0. The highest BCUT2D eigenvalue weighted by molar-refractivity contribution is 7.91. The van der Waals surface area contributed by atoms with Crippen molar-refractivity contribution in [2.75, 3.05) is 30.3 Å². The van der Waals surface area contributed by atoms with Crippen LogP contribution in [-0.4, -0.2) is 63.4 Å². The van der Waals surface area contributed by atoms with Crippen molar-refractivity contribution in [3.63, 3.8) is 0 Å². The van der Waals surface area contributed by atoms with Crippen LogP contribution in [-0.2, 0) is 24.7 Å². The summed E-state index contributed by atoms with van der Waals surface area (Å²) in [6.07, 6.45) is 1.78. The number of amides is 1. The predicted octanol–water partition coefficient (Wildman–Crippen LogP) is -1.28. The minimum Gasteiger partial charge on any atom is -0.351 e. The molecule has 2 saturated heterocycles. The maximum absolute atomic E-state index is 11.8. The lowest BCUT2D eigenvalue weighted by atomic mass is 10.2. The van der Waals surface area contributed by atoms with Gasteiger partial charge in [-0.2, -0.15) is 4.31 Å². The van der Waals surface area contributed by atoms with E-state index in [1.807, 2.05) is 0 Å². The van der Waals surface area contributed by atoms with Crippen LogP contribution in [0.5, 0.6) is 0 Å². The van der Waals surface area contributed by atoms with Crippen LogP contribution in [0.15, 0.2) is 0 Å². The molecule has 19 heavy (non-hydrogen) atoms. The first-order valence-corrected chi connectivity index (χ1v) is 9.69. The summed E-state index contributed by atoms with van der Waals surface area (Å²) in [6.45, 7) is 0.150. The maximum Gasteiger partial charge on any atom is 0.235 e. The Kier molecular flexibility index (Phi) is 4.17. The van der Waals surface area contributed by atoms with E-state index in [1.165, 1.54) is 4.31 Å². The highest BCUT2D eigenvalue weighted by atomic mass is 32.2. The number of carbonyl (C=O) groups excluding carboxylic acids is 1. The number of rotatable bonds is 3. The number of hydrogen-bond donors (Lipinski definition) is 1. The number of carbonyl (C=O) groups is 1. The van der Waals surface area contributed by atoms with Gasteiger partial charge in [0.2, 0.25) is 15.9 Å². The second-order valence-electron chi connectivity index (χ2n) is 5.02. The topological polar surface area (TPSA) is 101 Å². The molecule has 2 rings (SSSR count). The van der Waals surface area contributed by atoms with E-state index in [9.17, 15) is 21.6 Å². The highest BCUT2D eigenvalue weighted by Crippen LogP contribution is 2.14. The minimum absolute atomic E-state index is 0.0501. The summed E-state index contributed by atoms with van der Waals surface area (Å²) < 4.78 is 47.1. The van der Waals surface area contributed by atoms with Crippen molar-refractivity contribution in [1.29, 1.82) is 0 Å². The molecule has 1 N–H and O–H groups in total. The zero-order valence-electron chi connectivity index (χ0n) is 10.5. The summed E-state index contributed by atoms with van der Waals surface area (Å²) >= 11 is 0. The molecule has 1 amide bonds. The molecule has 0 radical (unpaired) electrons. The third-order valence-corrected chi connectivity index (χ3v) is 7.04. The number of sulfonamides is 1. The second-order valence-corrected chi connectivity index (χ2v) is 9.34. The summed E-state index contributed by atoms with van der Waals surface area (Å²) in [5.74, 6) is -0.309. The van der Waals surface area contributed by atoms with E-state index in [0.29, 0.717) is 19.4 Å². The van der Waals surface area contributed by atoms with Crippen LogP contribution in [0.25, 0.3) is 0 Å². The van der Waals surface area contributed by atoms with E-state index in [-0.39, 0.29) is 29.8 Å². The molecule has 9 heteroatoms. The summed E-state index contributed by atoms with van der Waals surface area (Å²) in [5, 5.41) is 2.60. The fraction of sp³-hybridized carbons (Fsp3) is 0.900. The fourth-order valence-corrected chi connectivity index (χ4v) is 5.58. The Labute approximate surface area is 113 Å². The Balaban J connectivity index is 1.88. The molecule has 0 saturated carbocycles. The molecule has 1 atom stereocenters. The fourth-order valence-electron chi connectivity index (χ4n) is 2.36. The Morgan fingerprint density at radius 1 is 1.16 bits per heavy atom. The molecule has 0 aromatic rings. The van der Waals surface area contributed by atoms with E-state index in [4.69, 9.17) is 0 Å². The van der Waals surface area contributed by atoms with Gasteiger partial charge in [0, 0.05) is 12.6 Å². The molecule has 2 aliphatic rings. The standard InChI is InChI=1S/C10H18N2O5S2/c13-10(11-9-3-6-18(14,15)8-9)7-12-4-1-2-5-19(12,16)17/h9H,1-8H2,(H,11,13). The summed E-state index contributed by atoms with van der Waals surface area (Å²) in [7, 11) is -6.36. The van der Waals surface area contributed by atoms with Crippen LogP contribution in [0, 0.1) is 0 Å². The second kappa shape index (κ2) is 5.37. The Bertz CT molecular complexity index is 554. The van der Waals surface area contributed by atoms with Crippen LogP contribution < -0.4 is 5.32 Å². The molecule has 2 fully saturated rings. The van der Waals surface area contributed by atoms with Gasteiger partial charge in [0.1, 0.15) is 0 Å². The predicted molar refractivity (Wildman–Crippen MR) is 69.8 cm³/mol. The van der Waals surface area contributed by atoms with Gasteiger partial charge in [-0.25, -0.2) is 16.8 Å². The quantitative estimate of drug-likeness (QED) is 0.699. The average Bonchev–Trinajstić information content (AvgIpc) is 2.61. The van der Waals surface area contributed by atoms with Crippen molar-refractivity contribution in [2.24, 2.45) is 0 Å². The molecular formula is C10H18N2O5S2. The molecule has 2 aliphatic heterocycles. The lowest BCUT2D eigenvalue weighted by molar-refractivity contribution is -0.121. The van der Waals surface area contributed by atoms with Gasteiger partial charge in [0.25, 0.3) is 0 Å². The molecule has 0 aliphatic carbocycles. The van der Waals surface area contributed by atoms with Crippen molar-refractivity contribution in [3.05, 3.63) is 0 Å². The van der Waals surface area contributed by atoms with Crippen molar-refractivity contribution >= 4 is 25.8 Å². The Morgan fingerprint density at radius 2 is 1.89 bits per heavy atom. The first kappa shape index (κ1) is 14.7. The van der Waals surface area contributed by atoms with Gasteiger partial charge in [0.05, 0.1) is 23.8 Å². The zero-order valence-corrected chi connectivity index (χ0v) is 12.2. The first-order valence-electron chi connectivity index (χ1n) is 6.26. The molecule has 7 nitrogen and oxygen atoms in total. The van der Waals surface area contributed by atoms with Gasteiger partial charge < -0.3 is 5.32 Å². The summed E-state index contributed by atoms with van der Waals surface area (Å²) in [4.78, 5) is 11.8. The van der Waals surface area contributed by atoms with E-state index in [0.717, 1.165) is 6.42 Å². The van der Waals surface area contributed by atoms with Gasteiger partial charge in [-0.15, -0.1) is 0 Å². The van der Waals surface area contributed by atoms with Gasteiger partial charge >= 0.3 is 0 Å². The highest BCUT2D eigenvalue weighted by Gasteiger charge is 2.31. The minimum atomic E-state index is -3.32. The van der Waals surface area contributed by atoms with Crippen molar-refractivity contribution in [2.45, 2.75) is 25.3 Å². The first-order chi connectivity index (χ1) is 8.78. The lowest BCUT2D eigenvalue weighted by Crippen LogP contribution is -2.46. The van der Waals surface area contributed by atoms with Crippen LogP contribution in [0.2, 0.25) is 0 Å². The van der Waals surface area contributed by atoms with Crippen molar-refractivity contribution in [3.8, 4) is 0 Å². The molecule has 2 heterocycles. The van der Waals surface area contributed by atoms with Gasteiger partial charge in [-0.05, 0) is 19.3 Å². The monoisotopic (exact) mass is 310 g/mol. The third-order valence-electron chi connectivity index (χ3n) is 3.37.